The first-order valence-electron chi connectivity index (χ1n) is 9.44. The highest BCUT2D eigenvalue weighted by Crippen LogP contribution is 2.20. The Bertz CT molecular complexity index is 805. The van der Waals surface area contributed by atoms with Crippen molar-refractivity contribution in [3.63, 3.8) is 0 Å². The van der Waals surface area contributed by atoms with Crippen LogP contribution in [0.5, 0.6) is 0 Å². The third-order valence-corrected chi connectivity index (χ3v) is 4.86. The Morgan fingerprint density at radius 1 is 1.07 bits per heavy atom. The van der Waals surface area contributed by atoms with Crippen molar-refractivity contribution in [1.82, 2.24) is 9.80 Å². The maximum atomic E-state index is 12.4. The summed E-state index contributed by atoms with van der Waals surface area (Å²) in [7, 11) is 0. The van der Waals surface area contributed by atoms with Crippen LogP contribution in [-0.2, 0) is 16.1 Å². The predicted octanol–water partition coefficient (Wildman–Crippen LogP) is 3.45. The van der Waals surface area contributed by atoms with Gasteiger partial charge in [-0.15, -0.1) is 5.10 Å². The second-order valence-corrected chi connectivity index (χ2v) is 6.90. The molecule has 7 heteroatoms. The zero-order chi connectivity index (χ0) is 19.8. The largest absolute Gasteiger partial charge is 0.460 e. The van der Waals surface area contributed by atoms with Crippen molar-refractivity contribution < 1.29 is 9.53 Å². The van der Waals surface area contributed by atoms with Gasteiger partial charge in [-0.3, -0.25) is 10.3 Å². The van der Waals surface area contributed by atoms with E-state index in [2.05, 4.69) is 39.7 Å². The van der Waals surface area contributed by atoms with Crippen LogP contribution in [0.3, 0.4) is 0 Å². The van der Waals surface area contributed by atoms with Crippen molar-refractivity contribution >= 4 is 29.1 Å². The van der Waals surface area contributed by atoms with Gasteiger partial charge in [0.2, 0.25) is 5.84 Å². The number of hydrogen-bond donors (Lipinski definition) is 1. The second-order valence-electron chi connectivity index (χ2n) is 6.50. The highest BCUT2D eigenvalue weighted by molar-refractivity contribution is 6.35. The lowest BCUT2D eigenvalue weighted by molar-refractivity contribution is -0.136. The van der Waals surface area contributed by atoms with Gasteiger partial charge in [0.1, 0.15) is 0 Å². The summed E-state index contributed by atoms with van der Waals surface area (Å²) >= 11 is 6.16. The first-order valence-corrected chi connectivity index (χ1v) is 9.81. The molecule has 1 heterocycles. The first kappa shape index (κ1) is 20.2. The lowest BCUT2D eigenvalue weighted by atomic mass is 10.2. The molecular formula is C21H25ClN4O2. The molecule has 0 bridgehead atoms. The summed E-state index contributed by atoms with van der Waals surface area (Å²) in [5.74, 6) is -0.153. The average Bonchev–Trinajstić information content (AvgIpc) is 2.71. The fourth-order valence-electron chi connectivity index (χ4n) is 3.07. The first-order chi connectivity index (χ1) is 13.7. The number of nitrogens with zero attached hydrogens (tertiary/aromatic N) is 3. The Hall–Kier alpha value is -2.57. The molecular weight excluding hydrogens is 376 g/mol. The van der Waals surface area contributed by atoms with E-state index >= 15 is 0 Å². The van der Waals surface area contributed by atoms with Gasteiger partial charge in [-0.1, -0.05) is 54.1 Å². The molecule has 0 spiro atoms. The molecule has 0 radical (unpaired) electrons. The van der Waals surface area contributed by atoms with Gasteiger partial charge in [0.05, 0.1) is 17.3 Å². The lowest BCUT2D eigenvalue weighted by Gasteiger charge is -2.35. The lowest BCUT2D eigenvalue weighted by Crippen LogP contribution is -2.50. The molecule has 148 valence electrons. The number of ether oxygens (including phenoxy) is 1. The van der Waals surface area contributed by atoms with Crippen LogP contribution in [0.15, 0.2) is 59.7 Å². The number of anilines is 1. The van der Waals surface area contributed by atoms with Crippen molar-refractivity contribution in [3.8, 4) is 0 Å². The van der Waals surface area contributed by atoms with Crippen molar-refractivity contribution in [3.05, 3.63) is 65.2 Å². The third-order valence-electron chi connectivity index (χ3n) is 4.53. The van der Waals surface area contributed by atoms with Crippen LogP contribution in [0.1, 0.15) is 12.5 Å². The molecule has 0 aliphatic carbocycles. The van der Waals surface area contributed by atoms with E-state index in [0.29, 0.717) is 30.4 Å². The standard InChI is InChI=1S/C21H25ClN4O2/c1-2-28-21(27)20(24-23-19-11-7-6-10-18(19)22)26-14-12-25(13-15-26)16-17-8-4-3-5-9-17/h3-11,23H,2,12-16H2,1H3. The number of hydrazone groups is 1. The summed E-state index contributed by atoms with van der Waals surface area (Å²) in [6.45, 7) is 6.09. The van der Waals surface area contributed by atoms with E-state index in [1.165, 1.54) is 5.56 Å². The number of rotatable bonds is 5. The molecule has 1 saturated heterocycles. The molecule has 1 aliphatic heterocycles. The SMILES string of the molecule is CCOC(=O)C(=NNc1ccccc1Cl)N1CCN(Cc2ccccc2)CC1. The van der Waals surface area contributed by atoms with Crippen LogP contribution in [0.25, 0.3) is 0 Å². The molecule has 28 heavy (non-hydrogen) atoms. The molecule has 0 atom stereocenters. The fraction of sp³-hybridized carbons (Fsp3) is 0.333. The van der Waals surface area contributed by atoms with E-state index in [1.54, 1.807) is 13.0 Å². The van der Waals surface area contributed by atoms with Gasteiger partial charge in [0.15, 0.2) is 0 Å². The van der Waals surface area contributed by atoms with Crippen molar-refractivity contribution in [1.29, 1.82) is 0 Å². The summed E-state index contributed by atoms with van der Waals surface area (Å²) in [5.41, 5.74) is 4.84. The van der Waals surface area contributed by atoms with Crippen LogP contribution in [-0.4, -0.2) is 54.4 Å². The van der Waals surface area contributed by atoms with Gasteiger partial charge in [0, 0.05) is 32.7 Å². The van der Waals surface area contributed by atoms with E-state index in [9.17, 15) is 4.79 Å². The van der Waals surface area contributed by atoms with Crippen LogP contribution < -0.4 is 5.43 Å². The molecule has 0 amide bonds. The molecule has 1 fully saturated rings. The van der Waals surface area contributed by atoms with Gasteiger partial charge in [-0.05, 0) is 24.6 Å². The number of benzene rings is 2. The summed E-state index contributed by atoms with van der Waals surface area (Å²) in [6, 6.07) is 17.7. The van der Waals surface area contributed by atoms with Gasteiger partial charge in [-0.2, -0.15) is 0 Å². The number of piperazine rings is 1. The van der Waals surface area contributed by atoms with Crippen LogP contribution in [0, 0.1) is 0 Å². The van der Waals surface area contributed by atoms with Crippen molar-refractivity contribution in [2.75, 3.05) is 38.2 Å². The highest BCUT2D eigenvalue weighted by atomic mass is 35.5. The minimum atomic E-state index is -0.432. The molecule has 1 aliphatic rings. The van der Waals surface area contributed by atoms with Crippen molar-refractivity contribution in [2.45, 2.75) is 13.5 Å². The Morgan fingerprint density at radius 2 is 1.75 bits per heavy atom. The van der Waals surface area contributed by atoms with Crippen molar-refractivity contribution in [2.24, 2.45) is 5.10 Å². The Kier molecular flexibility index (Phi) is 7.28. The number of amidine groups is 1. The molecule has 3 rings (SSSR count). The summed E-state index contributed by atoms with van der Waals surface area (Å²) < 4.78 is 5.20. The quantitative estimate of drug-likeness (QED) is 0.360. The third kappa shape index (κ3) is 5.47. The summed E-state index contributed by atoms with van der Waals surface area (Å²) in [6.07, 6.45) is 0. The Labute approximate surface area is 170 Å². The maximum absolute atomic E-state index is 12.4. The zero-order valence-corrected chi connectivity index (χ0v) is 16.7. The van der Waals surface area contributed by atoms with Gasteiger partial charge in [0.25, 0.3) is 0 Å². The Morgan fingerprint density at radius 3 is 2.43 bits per heavy atom. The van der Waals surface area contributed by atoms with Gasteiger partial charge >= 0.3 is 5.97 Å². The number of carbonyl (C=O) groups is 1. The Balaban J connectivity index is 1.65. The zero-order valence-electron chi connectivity index (χ0n) is 16.0. The number of esters is 1. The number of carbonyl (C=O) groups excluding carboxylic acids is 1. The molecule has 6 nitrogen and oxygen atoms in total. The molecule has 0 saturated carbocycles. The summed E-state index contributed by atoms with van der Waals surface area (Å²) in [5, 5.41) is 4.86. The number of para-hydroxylation sites is 1. The van der Waals surface area contributed by atoms with E-state index in [4.69, 9.17) is 16.3 Å². The van der Waals surface area contributed by atoms with E-state index in [0.717, 1.165) is 19.6 Å². The number of hydrogen-bond acceptors (Lipinski definition) is 5. The van der Waals surface area contributed by atoms with Crippen LogP contribution >= 0.6 is 11.6 Å². The maximum Gasteiger partial charge on any atom is 0.375 e. The molecule has 2 aromatic rings. The topological polar surface area (TPSA) is 57.2 Å². The molecule has 1 N–H and O–H groups in total. The van der Waals surface area contributed by atoms with Gasteiger partial charge in [-0.25, -0.2) is 4.79 Å². The van der Waals surface area contributed by atoms with E-state index in [-0.39, 0.29) is 5.84 Å². The average molecular weight is 401 g/mol. The number of nitrogens with one attached hydrogen (secondary N) is 1. The number of halogens is 1. The highest BCUT2D eigenvalue weighted by Gasteiger charge is 2.25. The predicted molar refractivity (Wildman–Crippen MR) is 112 cm³/mol. The van der Waals surface area contributed by atoms with E-state index < -0.39 is 5.97 Å². The van der Waals surface area contributed by atoms with E-state index in [1.807, 2.05) is 29.2 Å². The van der Waals surface area contributed by atoms with Crippen LogP contribution in [0.4, 0.5) is 5.69 Å². The molecule has 2 aromatic carbocycles. The minimum Gasteiger partial charge on any atom is -0.460 e. The molecule has 0 aromatic heterocycles. The minimum absolute atomic E-state index is 0.279. The fourth-order valence-corrected chi connectivity index (χ4v) is 3.24. The summed E-state index contributed by atoms with van der Waals surface area (Å²) in [4.78, 5) is 16.8. The van der Waals surface area contributed by atoms with Gasteiger partial charge < -0.3 is 9.64 Å². The van der Waals surface area contributed by atoms with Crippen LogP contribution in [0.2, 0.25) is 5.02 Å². The second kappa shape index (κ2) is 10.1. The smallest absolute Gasteiger partial charge is 0.375 e. The normalized spacial score (nSPS) is 15.4. The molecule has 0 unspecified atom stereocenters. The monoisotopic (exact) mass is 400 g/mol.